The van der Waals surface area contributed by atoms with Crippen LogP contribution in [0.1, 0.15) is 70.4 Å². The quantitative estimate of drug-likeness (QED) is 0.556. The molecule has 4 fully saturated rings. The number of imide groups is 1. The van der Waals surface area contributed by atoms with Gasteiger partial charge in [-0.15, -0.1) is 0 Å². The maximum Gasteiger partial charge on any atom is 0.416 e. The Hall–Kier alpha value is -2.63. The Morgan fingerprint density at radius 2 is 1.42 bits per heavy atom. The van der Waals surface area contributed by atoms with Gasteiger partial charge in [-0.25, -0.2) is 4.90 Å². The minimum Gasteiger partial charge on any atom is -0.268 e. The van der Waals surface area contributed by atoms with Gasteiger partial charge in [0.1, 0.15) is 0 Å². The first-order valence-corrected chi connectivity index (χ1v) is 10.9. The molecule has 2 amide bonds. The summed E-state index contributed by atoms with van der Waals surface area (Å²) in [5.74, 6) is 1.15. The highest BCUT2D eigenvalue weighted by Crippen LogP contribution is 2.60. The predicted octanol–water partition coefficient (Wildman–Crippen LogP) is 5.97. The second-order valence-corrected chi connectivity index (χ2v) is 9.95. The molecule has 160 valence electrons. The van der Waals surface area contributed by atoms with Gasteiger partial charge in [0.25, 0.3) is 11.8 Å². The van der Waals surface area contributed by atoms with Gasteiger partial charge < -0.3 is 0 Å². The third-order valence-electron chi connectivity index (χ3n) is 7.97. The van der Waals surface area contributed by atoms with Crippen LogP contribution in [0.25, 0.3) is 0 Å². The summed E-state index contributed by atoms with van der Waals surface area (Å²) in [6.07, 6.45) is 2.80. The summed E-state index contributed by atoms with van der Waals surface area (Å²) in [4.78, 5) is 27.0. The molecular formula is C25H22F3NO2. The molecule has 4 saturated carbocycles. The fraction of sp³-hybridized carbons (Fsp3) is 0.440. The summed E-state index contributed by atoms with van der Waals surface area (Å²) in [6.45, 7) is 0. The topological polar surface area (TPSA) is 37.4 Å². The smallest absolute Gasteiger partial charge is 0.268 e. The molecule has 0 N–H and O–H groups in total. The van der Waals surface area contributed by atoms with Crippen LogP contribution in [0.3, 0.4) is 0 Å². The van der Waals surface area contributed by atoms with Crippen LogP contribution in [-0.4, -0.2) is 11.8 Å². The Kier molecular flexibility index (Phi) is 3.82. The van der Waals surface area contributed by atoms with E-state index in [1.54, 1.807) is 6.07 Å². The van der Waals surface area contributed by atoms with Crippen molar-refractivity contribution in [3.63, 3.8) is 0 Å². The predicted molar refractivity (Wildman–Crippen MR) is 109 cm³/mol. The van der Waals surface area contributed by atoms with Crippen LogP contribution >= 0.6 is 0 Å². The van der Waals surface area contributed by atoms with Crippen molar-refractivity contribution in [2.75, 3.05) is 4.90 Å². The summed E-state index contributed by atoms with van der Waals surface area (Å²) in [5.41, 5.74) is 0.869. The van der Waals surface area contributed by atoms with Crippen LogP contribution in [0.15, 0.2) is 42.5 Å². The molecule has 0 unspecified atom stereocenters. The van der Waals surface area contributed by atoms with Crippen molar-refractivity contribution >= 4 is 17.5 Å². The van der Waals surface area contributed by atoms with Crippen LogP contribution in [-0.2, 0) is 11.6 Å². The Labute approximate surface area is 178 Å². The average molecular weight is 425 g/mol. The van der Waals surface area contributed by atoms with E-state index in [0.29, 0.717) is 5.56 Å². The molecule has 6 heteroatoms. The van der Waals surface area contributed by atoms with Gasteiger partial charge >= 0.3 is 6.18 Å². The van der Waals surface area contributed by atoms with Gasteiger partial charge in [0, 0.05) is 0 Å². The van der Waals surface area contributed by atoms with Crippen LogP contribution < -0.4 is 4.90 Å². The minimum absolute atomic E-state index is 0.0441. The van der Waals surface area contributed by atoms with Crippen LogP contribution in [0.4, 0.5) is 18.9 Å². The molecule has 0 aromatic heterocycles. The maximum absolute atomic E-state index is 13.2. The Morgan fingerprint density at radius 3 is 2.03 bits per heavy atom. The summed E-state index contributed by atoms with van der Waals surface area (Å²) >= 11 is 0. The number of fused-ring (bicyclic) bond motifs is 1. The van der Waals surface area contributed by atoms with E-state index in [2.05, 4.69) is 0 Å². The summed E-state index contributed by atoms with van der Waals surface area (Å²) in [5, 5.41) is 0. The highest BCUT2D eigenvalue weighted by Gasteiger charge is 2.52. The Morgan fingerprint density at radius 1 is 0.806 bits per heavy atom. The Bertz CT molecular complexity index is 1080. The number of rotatable bonds is 2. The molecule has 0 saturated heterocycles. The lowest BCUT2D eigenvalue weighted by atomic mass is 9.48. The van der Waals surface area contributed by atoms with Crippen molar-refractivity contribution in [3.05, 3.63) is 64.7 Å². The minimum atomic E-state index is -4.54. The monoisotopic (exact) mass is 425 g/mol. The average Bonchev–Trinajstić information content (AvgIpc) is 2.96. The van der Waals surface area contributed by atoms with E-state index in [0.717, 1.165) is 59.6 Å². The molecule has 2 aromatic rings. The second-order valence-electron chi connectivity index (χ2n) is 9.95. The van der Waals surface area contributed by atoms with Gasteiger partial charge in [-0.05, 0) is 97.6 Å². The van der Waals surface area contributed by atoms with Crippen LogP contribution in [0, 0.1) is 17.8 Å². The van der Waals surface area contributed by atoms with E-state index in [9.17, 15) is 22.8 Å². The van der Waals surface area contributed by atoms with Gasteiger partial charge in [-0.3, -0.25) is 9.59 Å². The van der Waals surface area contributed by atoms with Crippen molar-refractivity contribution < 1.29 is 22.8 Å². The lowest BCUT2D eigenvalue weighted by Crippen LogP contribution is -2.48. The third kappa shape index (κ3) is 2.80. The van der Waals surface area contributed by atoms with E-state index in [1.807, 2.05) is 12.1 Å². The molecule has 1 heterocycles. The molecule has 5 aliphatic rings. The first kappa shape index (κ1) is 19.1. The zero-order valence-corrected chi connectivity index (χ0v) is 16.9. The highest BCUT2D eigenvalue weighted by molar-refractivity contribution is 6.34. The van der Waals surface area contributed by atoms with Gasteiger partial charge in [0.2, 0.25) is 0 Å². The Balaban J connectivity index is 1.37. The standard InChI is InChI=1S/C25H22F3NO2/c26-25(27,28)18-2-1-3-19(9-18)29-22(30)20-5-4-17(10-21(20)23(29)31)24-11-14-6-15(12-24)8-16(7-14)13-24/h1-5,9-10,14-16H,6-8,11-13H2. The number of carbonyl (C=O) groups is 2. The molecule has 0 radical (unpaired) electrons. The van der Waals surface area contributed by atoms with Crippen molar-refractivity contribution in [2.45, 2.75) is 50.1 Å². The number of amides is 2. The summed E-state index contributed by atoms with van der Waals surface area (Å²) < 4.78 is 39.4. The highest BCUT2D eigenvalue weighted by atomic mass is 19.4. The van der Waals surface area contributed by atoms with Crippen molar-refractivity contribution in [1.82, 2.24) is 0 Å². The second kappa shape index (κ2) is 6.21. The largest absolute Gasteiger partial charge is 0.416 e. The van der Waals surface area contributed by atoms with E-state index in [4.69, 9.17) is 0 Å². The van der Waals surface area contributed by atoms with E-state index < -0.39 is 23.6 Å². The fourth-order valence-electron chi connectivity index (χ4n) is 7.09. The lowest BCUT2D eigenvalue weighted by Gasteiger charge is -2.57. The van der Waals surface area contributed by atoms with Crippen LogP contribution in [0.5, 0.6) is 0 Å². The number of anilines is 1. The molecule has 7 rings (SSSR count). The molecule has 2 aromatic carbocycles. The molecule has 3 nitrogen and oxygen atoms in total. The molecule has 0 spiro atoms. The fourth-order valence-corrected chi connectivity index (χ4v) is 7.09. The summed E-state index contributed by atoms with van der Waals surface area (Å²) in [6, 6.07) is 9.94. The number of benzene rings is 2. The van der Waals surface area contributed by atoms with Gasteiger partial charge in [-0.1, -0.05) is 12.1 Å². The number of alkyl halides is 3. The number of hydrogen-bond acceptors (Lipinski definition) is 2. The van der Waals surface area contributed by atoms with Crippen LogP contribution in [0.2, 0.25) is 0 Å². The maximum atomic E-state index is 13.2. The van der Waals surface area contributed by atoms with E-state index in [1.165, 1.54) is 31.4 Å². The molecule has 1 aliphatic heterocycles. The van der Waals surface area contributed by atoms with Gasteiger partial charge in [-0.2, -0.15) is 13.2 Å². The zero-order chi connectivity index (χ0) is 21.5. The molecular weight excluding hydrogens is 403 g/mol. The lowest BCUT2D eigenvalue weighted by molar-refractivity contribution is -0.137. The van der Waals surface area contributed by atoms with Crippen molar-refractivity contribution in [2.24, 2.45) is 17.8 Å². The van der Waals surface area contributed by atoms with Gasteiger partial charge in [0.05, 0.1) is 22.4 Å². The first-order valence-electron chi connectivity index (χ1n) is 10.9. The van der Waals surface area contributed by atoms with E-state index in [-0.39, 0.29) is 16.7 Å². The molecule has 4 bridgehead atoms. The molecule has 0 atom stereocenters. The van der Waals surface area contributed by atoms with Gasteiger partial charge in [0.15, 0.2) is 0 Å². The summed E-state index contributed by atoms with van der Waals surface area (Å²) in [7, 11) is 0. The number of hydrogen-bond donors (Lipinski definition) is 0. The first-order chi connectivity index (χ1) is 14.7. The van der Waals surface area contributed by atoms with E-state index >= 15 is 0 Å². The van der Waals surface area contributed by atoms with Crippen molar-refractivity contribution in [1.29, 1.82) is 0 Å². The van der Waals surface area contributed by atoms with Crippen molar-refractivity contribution in [3.8, 4) is 0 Å². The third-order valence-corrected chi connectivity index (χ3v) is 7.97. The number of halogens is 3. The molecule has 4 aliphatic carbocycles. The molecule has 31 heavy (non-hydrogen) atoms. The normalized spacial score (nSPS) is 31.5. The number of carbonyl (C=O) groups excluding carboxylic acids is 2. The zero-order valence-electron chi connectivity index (χ0n) is 16.9. The number of nitrogens with zero attached hydrogens (tertiary/aromatic N) is 1. The SMILES string of the molecule is O=C1c2ccc(C34CC5CC(CC(C5)C3)C4)cc2C(=O)N1c1cccc(C(F)(F)F)c1.